The van der Waals surface area contributed by atoms with Crippen LogP contribution < -0.4 is 5.73 Å². The van der Waals surface area contributed by atoms with Gasteiger partial charge in [0.05, 0.1) is 6.61 Å². The van der Waals surface area contributed by atoms with Crippen LogP contribution in [0.4, 0.5) is 0 Å². The van der Waals surface area contributed by atoms with E-state index in [1.54, 1.807) is 0 Å². The van der Waals surface area contributed by atoms with E-state index in [0.29, 0.717) is 6.04 Å². The van der Waals surface area contributed by atoms with Crippen molar-refractivity contribution in [2.24, 2.45) is 5.73 Å². The molecule has 0 aliphatic carbocycles. The van der Waals surface area contributed by atoms with Crippen LogP contribution in [0.15, 0.2) is 0 Å². The number of likely N-dealkylation sites (tertiary alicyclic amines) is 1. The molecule has 3 atom stereocenters. The summed E-state index contributed by atoms with van der Waals surface area (Å²) in [6.45, 7) is 4.44. The van der Waals surface area contributed by atoms with E-state index in [2.05, 4.69) is 30.8 Å². The molecule has 0 aromatic carbocycles. The first kappa shape index (κ1) is 14.9. The fourth-order valence-electron chi connectivity index (χ4n) is 2.75. The number of hydrogen-bond donors (Lipinski definition) is 2. The average molecular weight is 243 g/mol. The van der Waals surface area contributed by atoms with Crippen molar-refractivity contribution in [2.75, 3.05) is 33.8 Å². The van der Waals surface area contributed by atoms with E-state index in [-0.39, 0.29) is 18.7 Å². The van der Waals surface area contributed by atoms with Gasteiger partial charge in [0.1, 0.15) is 0 Å². The molecule has 3 unspecified atom stereocenters. The molecule has 0 aromatic rings. The van der Waals surface area contributed by atoms with Crippen LogP contribution in [-0.2, 0) is 0 Å². The van der Waals surface area contributed by atoms with Gasteiger partial charge in [-0.15, -0.1) is 0 Å². The van der Waals surface area contributed by atoms with Crippen molar-refractivity contribution in [1.82, 2.24) is 9.80 Å². The number of rotatable bonds is 6. The highest BCUT2D eigenvalue weighted by Crippen LogP contribution is 2.18. The lowest BCUT2D eigenvalue weighted by molar-refractivity contribution is 0.0511. The minimum Gasteiger partial charge on any atom is -0.395 e. The Kier molecular flexibility index (Phi) is 6.41. The minimum atomic E-state index is 0.103. The molecule has 1 fully saturated rings. The van der Waals surface area contributed by atoms with Crippen LogP contribution in [0.25, 0.3) is 0 Å². The zero-order valence-electron chi connectivity index (χ0n) is 11.6. The Morgan fingerprint density at radius 3 is 2.71 bits per heavy atom. The molecule has 0 radical (unpaired) electrons. The second-order valence-electron chi connectivity index (χ2n) is 5.46. The van der Waals surface area contributed by atoms with Crippen molar-refractivity contribution < 1.29 is 5.11 Å². The van der Waals surface area contributed by atoms with Crippen LogP contribution in [0.2, 0.25) is 0 Å². The lowest BCUT2D eigenvalue weighted by Crippen LogP contribution is -2.56. The van der Waals surface area contributed by atoms with Gasteiger partial charge in [-0.25, -0.2) is 0 Å². The summed E-state index contributed by atoms with van der Waals surface area (Å²) in [7, 11) is 4.27. The zero-order valence-corrected chi connectivity index (χ0v) is 11.6. The first-order valence-electron chi connectivity index (χ1n) is 6.87. The lowest BCUT2D eigenvalue weighted by atomic mass is 9.98. The molecule has 1 aliphatic rings. The maximum absolute atomic E-state index is 9.56. The summed E-state index contributed by atoms with van der Waals surface area (Å²) in [6, 6.07) is 0.843. The number of aliphatic hydroxyl groups is 1. The second kappa shape index (κ2) is 7.31. The van der Waals surface area contributed by atoms with E-state index < -0.39 is 0 Å². The fourth-order valence-corrected chi connectivity index (χ4v) is 2.75. The minimum absolute atomic E-state index is 0.103. The van der Waals surface area contributed by atoms with Crippen molar-refractivity contribution in [3.8, 4) is 0 Å². The quantitative estimate of drug-likeness (QED) is 0.713. The van der Waals surface area contributed by atoms with Crippen molar-refractivity contribution in [3.63, 3.8) is 0 Å². The van der Waals surface area contributed by atoms with Gasteiger partial charge in [0, 0.05) is 24.7 Å². The van der Waals surface area contributed by atoms with Crippen molar-refractivity contribution in [2.45, 2.75) is 50.7 Å². The Hall–Kier alpha value is -0.160. The predicted molar refractivity (Wildman–Crippen MR) is 72.0 cm³/mol. The normalized spacial score (nSPS) is 26.1. The lowest BCUT2D eigenvalue weighted by Gasteiger charge is -2.41. The molecule has 4 heteroatoms. The van der Waals surface area contributed by atoms with E-state index in [9.17, 15) is 5.11 Å². The van der Waals surface area contributed by atoms with Gasteiger partial charge in [0.2, 0.25) is 0 Å². The number of aliphatic hydroxyl groups excluding tert-OH is 1. The molecular weight excluding hydrogens is 214 g/mol. The Labute approximate surface area is 106 Å². The monoisotopic (exact) mass is 243 g/mol. The Morgan fingerprint density at radius 1 is 1.47 bits per heavy atom. The Bertz CT molecular complexity index is 211. The van der Waals surface area contributed by atoms with Gasteiger partial charge >= 0.3 is 0 Å². The molecule has 102 valence electrons. The van der Waals surface area contributed by atoms with Crippen LogP contribution in [0.3, 0.4) is 0 Å². The van der Waals surface area contributed by atoms with E-state index in [4.69, 9.17) is 5.73 Å². The van der Waals surface area contributed by atoms with Gasteiger partial charge in [-0.1, -0.05) is 13.3 Å². The summed E-state index contributed by atoms with van der Waals surface area (Å²) < 4.78 is 0. The summed E-state index contributed by atoms with van der Waals surface area (Å²) >= 11 is 0. The number of nitrogens with zero attached hydrogens (tertiary/aromatic N) is 2. The number of hydrogen-bond acceptors (Lipinski definition) is 4. The van der Waals surface area contributed by atoms with Crippen molar-refractivity contribution >= 4 is 0 Å². The number of likely N-dealkylation sites (N-methyl/N-ethyl adjacent to an activating group) is 1. The van der Waals surface area contributed by atoms with Gasteiger partial charge < -0.3 is 15.7 Å². The van der Waals surface area contributed by atoms with Crippen LogP contribution in [0.1, 0.15) is 32.6 Å². The molecule has 0 spiro atoms. The van der Waals surface area contributed by atoms with Gasteiger partial charge in [-0.3, -0.25) is 4.90 Å². The first-order valence-corrected chi connectivity index (χ1v) is 6.87. The molecule has 1 saturated heterocycles. The highest BCUT2D eigenvalue weighted by molar-refractivity contribution is 4.87. The number of nitrogens with two attached hydrogens (primary N) is 1. The van der Waals surface area contributed by atoms with Crippen LogP contribution in [-0.4, -0.2) is 66.8 Å². The van der Waals surface area contributed by atoms with E-state index >= 15 is 0 Å². The molecule has 1 rings (SSSR count). The van der Waals surface area contributed by atoms with Gasteiger partial charge in [-0.2, -0.15) is 0 Å². The van der Waals surface area contributed by atoms with Gasteiger partial charge in [-0.05, 0) is 39.9 Å². The van der Waals surface area contributed by atoms with Crippen LogP contribution in [0.5, 0.6) is 0 Å². The summed E-state index contributed by atoms with van der Waals surface area (Å²) in [5, 5.41) is 9.56. The van der Waals surface area contributed by atoms with Crippen LogP contribution in [0, 0.1) is 0 Å². The predicted octanol–water partition coefficient (Wildman–Crippen LogP) is 0.501. The largest absolute Gasteiger partial charge is 0.395 e. The smallest absolute Gasteiger partial charge is 0.0601 e. The first-order chi connectivity index (χ1) is 8.10. The number of piperidine rings is 1. The second-order valence-corrected chi connectivity index (χ2v) is 5.46. The van der Waals surface area contributed by atoms with Gasteiger partial charge in [0.15, 0.2) is 0 Å². The van der Waals surface area contributed by atoms with Crippen molar-refractivity contribution in [3.05, 3.63) is 0 Å². The molecular formula is C13H29N3O. The third-order valence-corrected chi connectivity index (χ3v) is 3.93. The van der Waals surface area contributed by atoms with Gasteiger partial charge in [0.25, 0.3) is 0 Å². The van der Waals surface area contributed by atoms with Crippen molar-refractivity contribution in [1.29, 1.82) is 0 Å². The van der Waals surface area contributed by atoms with E-state index in [1.807, 2.05) is 0 Å². The summed E-state index contributed by atoms with van der Waals surface area (Å²) in [5.41, 5.74) is 6.18. The maximum Gasteiger partial charge on any atom is 0.0601 e. The highest BCUT2D eigenvalue weighted by atomic mass is 16.3. The molecule has 0 bridgehead atoms. The standard InChI is InChI=1S/C13H29N3O/c1-4-6-12(14)13(10-17)16-8-5-7-11(9-16)15(2)3/h11-13,17H,4-10,14H2,1-3H3. The third kappa shape index (κ3) is 4.21. The molecule has 0 aromatic heterocycles. The molecule has 1 aliphatic heterocycles. The Morgan fingerprint density at radius 2 is 2.18 bits per heavy atom. The maximum atomic E-state index is 9.56. The topological polar surface area (TPSA) is 52.7 Å². The van der Waals surface area contributed by atoms with E-state index in [0.717, 1.165) is 25.9 Å². The highest BCUT2D eigenvalue weighted by Gasteiger charge is 2.29. The molecule has 0 amide bonds. The molecule has 0 saturated carbocycles. The molecule has 17 heavy (non-hydrogen) atoms. The molecule has 4 nitrogen and oxygen atoms in total. The molecule has 3 N–H and O–H groups in total. The fraction of sp³-hybridized carbons (Fsp3) is 1.00. The molecule has 1 heterocycles. The zero-order chi connectivity index (χ0) is 12.8. The third-order valence-electron chi connectivity index (χ3n) is 3.93. The van der Waals surface area contributed by atoms with Crippen LogP contribution >= 0.6 is 0 Å². The SMILES string of the molecule is CCCC(N)C(CO)N1CCCC(N(C)C)C1. The average Bonchev–Trinajstić information content (AvgIpc) is 2.30. The summed E-state index contributed by atoms with van der Waals surface area (Å²) in [6.07, 6.45) is 4.54. The summed E-state index contributed by atoms with van der Waals surface area (Å²) in [5.74, 6) is 0. The summed E-state index contributed by atoms with van der Waals surface area (Å²) in [4.78, 5) is 4.67. The van der Waals surface area contributed by atoms with E-state index in [1.165, 1.54) is 12.8 Å². The Balaban J connectivity index is 2.55.